The van der Waals surface area contributed by atoms with Crippen LogP contribution in [0.1, 0.15) is 21.5 Å². The maximum absolute atomic E-state index is 12.8. The first kappa shape index (κ1) is 27.7. The van der Waals surface area contributed by atoms with Gasteiger partial charge in [0, 0.05) is 65.3 Å². The van der Waals surface area contributed by atoms with Gasteiger partial charge in [-0.25, -0.2) is 24.7 Å². The van der Waals surface area contributed by atoms with Crippen LogP contribution >= 0.6 is 0 Å². The van der Waals surface area contributed by atoms with Gasteiger partial charge in [0.25, 0.3) is 0 Å². The van der Waals surface area contributed by atoms with Gasteiger partial charge >= 0.3 is 6.03 Å². The van der Waals surface area contributed by atoms with E-state index in [0.717, 1.165) is 33.6 Å². The van der Waals surface area contributed by atoms with E-state index in [2.05, 4.69) is 25.5 Å². The average Bonchev–Trinajstić information content (AvgIpc) is 3.03. The summed E-state index contributed by atoms with van der Waals surface area (Å²) in [4.78, 5) is 49.3. The smallest absolute Gasteiger partial charge is 0.323 e. The van der Waals surface area contributed by atoms with Crippen molar-refractivity contribution in [2.45, 2.75) is 13.8 Å². The number of aromatic nitrogens is 5. The number of nitrogens with two attached hydrogens (primary N) is 1. The molecule has 12 heteroatoms. The molecule has 0 aliphatic carbocycles. The van der Waals surface area contributed by atoms with Crippen molar-refractivity contribution in [3.63, 3.8) is 0 Å². The number of morpholine rings is 1. The molecule has 0 saturated carbocycles. The fourth-order valence-corrected chi connectivity index (χ4v) is 4.94. The van der Waals surface area contributed by atoms with Gasteiger partial charge in [-0.2, -0.15) is 0 Å². The fraction of sp³-hybridized carbons (Fsp3) is 0.194. The van der Waals surface area contributed by atoms with Crippen LogP contribution in [-0.4, -0.2) is 63.2 Å². The Morgan fingerprint density at radius 3 is 2.33 bits per heavy atom. The number of amides is 3. The van der Waals surface area contributed by atoms with Crippen LogP contribution in [-0.2, 0) is 4.74 Å². The van der Waals surface area contributed by atoms with E-state index in [4.69, 9.17) is 25.4 Å². The van der Waals surface area contributed by atoms with Gasteiger partial charge in [0.2, 0.25) is 5.91 Å². The molecule has 43 heavy (non-hydrogen) atoms. The van der Waals surface area contributed by atoms with Crippen molar-refractivity contribution in [2.24, 2.45) is 5.73 Å². The largest absolute Gasteiger partial charge is 0.378 e. The van der Waals surface area contributed by atoms with Gasteiger partial charge in [0.1, 0.15) is 11.8 Å². The molecule has 4 N–H and O–H groups in total. The molecule has 4 heterocycles. The van der Waals surface area contributed by atoms with E-state index >= 15 is 0 Å². The minimum Gasteiger partial charge on any atom is -0.378 e. The Balaban J connectivity index is 1.27. The van der Waals surface area contributed by atoms with E-state index in [1.807, 2.05) is 25.1 Å². The van der Waals surface area contributed by atoms with Crippen molar-refractivity contribution in [2.75, 3.05) is 41.8 Å². The molecule has 5 aromatic rings. The van der Waals surface area contributed by atoms with Gasteiger partial charge in [0.05, 0.1) is 18.7 Å². The van der Waals surface area contributed by atoms with Crippen molar-refractivity contribution in [1.29, 1.82) is 0 Å². The predicted molar refractivity (Wildman–Crippen MR) is 164 cm³/mol. The lowest BCUT2D eigenvalue weighted by Crippen LogP contribution is -2.37. The molecule has 0 bridgehead atoms. The van der Waals surface area contributed by atoms with Gasteiger partial charge in [0.15, 0.2) is 11.6 Å². The van der Waals surface area contributed by atoms with Gasteiger partial charge in [-0.3, -0.25) is 9.78 Å². The zero-order valence-electron chi connectivity index (χ0n) is 23.7. The Bertz CT molecular complexity index is 1820. The summed E-state index contributed by atoms with van der Waals surface area (Å²) >= 11 is 0. The van der Waals surface area contributed by atoms with E-state index in [1.165, 1.54) is 6.33 Å². The second kappa shape index (κ2) is 11.8. The highest BCUT2D eigenvalue weighted by Gasteiger charge is 2.20. The molecule has 6 rings (SSSR count). The maximum atomic E-state index is 12.8. The standard InChI is InChI=1S/C31H29N9O3/c1-18-19(2)25(8-7-24(18)28(32)41)38-31(42)36-23-5-3-20(4-6-23)29-37-26-13-21(22-14-33-17-34-15-22)16-35-27(26)30(39-29)40-9-11-43-12-10-40/h3-8,13-17H,9-12H2,1-2H3,(H2,32,41)(H2,36,38,42). The summed E-state index contributed by atoms with van der Waals surface area (Å²) < 4.78 is 5.56. The zero-order chi connectivity index (χ0) is 29.9. The minimum atomic E-state index is -0.508. The van der Waals surface area contributed by atoms with Gasteiger partial charge in [-0.15, -0.1) is 0 Å². The molecule has 216 valence electrons. The summed E-state index contributed by atoms with van der Waals surface area (Å²) in [5.41, 5.74) is 12.4. The van der Waals surface area contributed by atoms with Gasteiger partial charge < -0.3 is 26.0 Å². The van der Waals surface area contributed by atoms with Crippen LogP contribution in [0.3, 0.4) is 0 Å². The number of anilines is 3. The van der Waals surface area contributed by atoms with Crippen LogP contribution in [0.15, 0.2) is 67.4 Å². The number of carbonyl (C=O) groups excluding carboxylic acids is 2. The highest BCUT2D eigenvalue weighted by Crippen LogP contribution is 2.30. The van der Waals surface area contributed by atoms with Crippen LogP contribution in [0.25, 0.3) is 33.5 Å². The van der Waals surface area contributed by atoms with Crippen molar-refractivity contribution in [3.8, 4) is 22.5 Å². The molecule has 0 spiro atoms. The third-order valence-electron chi connectivity index (χ3n) is 7.42. The second-order valence-electron chi connectivity index (χ2n) is 10.1. The SMILES string of the molecule is Cc1c(NC(=O)Nc2ccc(-c3nc(N4CCOCC4)c4ncc(-c5cncnc5)cc4n3)cc2)ccc(C(N)=O)c1C. The molecular formula is C31H29N9O3. The topological polar surface area (TPSA) is 161 Å². The summed E-state index contributed by atoms with van der Waals surface area (Å²) in [7, 11) is 0. The number of hydrogen-bond donors (Lipinski definition) is 3. The monoisotopic (exact) mass is 575 g/mol. The molecule has 1 fully saturated rings. The molecule has 1 aliphatic heterocycles. The van der Waals surface area contributed by atoms with Crippen LogP contribution in [0.4, 0.5) is 22.0 Å². The molecule has 1 saturated heterocycles. The summed E-state index contributed by atoms with van der Waals surface area (Å²) in [6.07, 6.45) is 6.75. The number of rotatable bonds is 6. The Hall–Kier alpha value is -5.49. The zero-order valence-corrected chi connectivity index (χ0v) is 23.7. The first-order chi connectivity index (χ1) is 20.9. The van der Waals surface area contributed by atoms with Crippen molar-refractivity contribution < 1.29 is 14.3 Å². The number of hydrogen-bond acceptors (Lipinski definition) is 9. The summed E-state index contributed by atoms with van der Waals surface area (Å²) in [6, 6.07) is 12.1. The van der Waals surface area contributed by atoms with Crippen molar-refractivity contribution in [3.05, 3.63) is 84.1 Å². The molecule has 0 unspecified atom stereocenters. The maximum Gasteiger partial charge on any atom is 0.323 e. The number of nitrogens with zero attached hydrogens (tertiary/aromatic N) is 6. The minimum absolute atomic E-state index is 0.415. The highest BCUT2D eigenvalue weighted by molar-refractivity contribution is 6.01. The molecule has 3 amide bonds. The number of fused-ring (bicyclic) bond motifs is 1. The van der Waals surface area contributed by atoms with E-state index < -0.39 is 11.9 Å². The summed E-state index contributed by atoms with van der Waals surface area (Å²) in [5, 5.41) is 5.68. The third kappa shape index (κ3) is 5.81. The second-order valence-corrected chi connectivity index (χ2v) is 10.1. The van der Waals surface area contributed by atoms with E-state index in [1.54, 1.807) is 49.8 Å². The quantitative estimate of drug-likeness (QED) is 0.267. The number of carbonyl (C=O) groups is 2. The number of nitrogens with one attached hydrogen (secondary N) is 2. The highest BCUT2D eigenvalue weighted by atomic mass is 16.5. The van der Waals surface area contributed by atoms with Crippen LogP contribution in [0.2, 0.25) is 0 Å². The molecule has 2 aromatic carbocycles. The predicted octanol–water partition coefficient (Wildman–Crippen LogP) is 4.35. The van der Waals surface area contributed by atoms with Gasteiger partial charge in [-0.1, -0.05) is 0 Å². The molecular weight excluding hydrogens is 546 g/mol. The lowest BCUT2D eigenvalue weighted by molar-refractivity contribution is 0.0999. The number of primary amides is 1. The Kier molecular flexibility index (Phi) is 7.58. The Morgan fingerprint density at radius 2 is 1.60 bits per heavy atom. The first-order valence-corrected chi connectivity index (χ1v) is 13.7. The summed E-state index contributed by atoms with van der Waals surface area (Å²) in [5.74, 6) is 0.773. The Labute approximate surface area is 247 Å². The third-order valence-corrected chi connectivity index (χ3v) is 7.42. The number of urea groups is 1. The normalized spacial score (nSPS) is 13.1. The molecule has 0 radical (unpaired) electrons. The average molecular weight is 576 g/mol. The van der Waals surface area contributed by atoms with Crippen molar-refractivity contribution in [1.82, 2.24) is 24.9 Å². The molecule has 0 atom stereocenters. The first-order valence-electron chi connectivity index (χ1n) is 13.7. The van der Waals surface area contributed by atoms with Crippen molar-refractivity contribution >= 4 is 40.2 Å². The fourth-order valence-electron chi connectivity index (χ4n) is 4.94. The lowest BCUT2D eigenvalue weighted by Gasteiger charge is -2.28. The lowest BCUT2D eigenvalue weighted by atomic mass is 10.0. The molecule has 1 aliphatic rings. The molecule has 3 aromatic heterocycles. The van der Waals surface area contributed by atoms with Crippen LogP contribution < -0.4 is 21.3 Å². The van der Waals surface area contributed by atoms with E-state index in [-0.39, 0.29) is 0 Å². The molecule has 12 nitrogen and oxygen atoms in total. The van der Waals surface area contributed by atoms with E-state index in [9.17, 15) is 9.59 Å². The Morgan fingerprint density at radius 1 is 0.860 bits per heavy atom. The number of ether oxygens (including phenoxy) is 1. The van der Waals surface area contributed by atoms with E-state index in [0.29, 0.717) is 60.1 Å². The number of pyridine rings is 1. The number of benzene rings is 2. The van der Waals surface area contributed by atoms with Crippen LogP contribution in [0, 0.1) is 13.8 Å². The van der Waals surface area contributed by atoms with Crippen LogP contribution in [0.5, 0.6) is 0 Å². The summed E-state index contributed by atoms with van der Waals surface area (Å²) in [6.45, 7) is 6.23. The van der Waals surface area contributed by atoms with Gasteiger partial charge in [-0.05, 0) is 67.4 Å².